The number of aliphatic hydroxyl groups is 12. The lowest BCUT2D eigenvalue weighted by atomic mass is 10.1. The molecule has 12 aromatic rings. The van der Waals surface area contributed by atoms with Gasteiger partial charge < -0.3 is 101 Å². The van der Waals surface area contributed by atoms with Gasteiger partial charge in [-0.25, -0.2) is 76.2 Å². The van der Waals surface area contributed by atoms with E-state index < -0.39 is 291 Å². The van der Waals surface area contributed by atoms with E-state index in [0.717, 1.165) is 63.8 Å². The normalized spacial score (nSPS) is 38.1. The molecule has 8 aliphatic rings. The third kappa shape index (κ3) is 23.8. The van der Waals surface area contributed by atoms with Crippen LogP contribution in [0.5, 0.6) is 0 Å². The van der Waals surface area contributed by atoms with E-state index in [0.29, 0.717) is 23.5 Å². The quantitative estimate of drug-likeness (QED) is 0.00969. The molecule has 144 heavy (non-hydrogen) atoms. The zero-order chi connectivity index (χ0) is 136. The summed E-state index contributed by atoms with van der Waals surface area (Å²) in [7, 11) is 0. The first-order valence-corrected chi connectivity index (χ1v) is 47.7. The smallest absolute Gasteiger partial charge is 0.191 e. The Hall–Kier alpha value is -9.52. The van der Waals surface area contributed by atoms with Crippen LogP contribution in [0.15, 0.2) is 93.4 Å². The number of aromatic nitrogens is 20. The van der Waals surface area contributed by atoms with Gasteiger partial charge in [0.1, 0.15) is 72.1 Å². The van der Waals surface area contributed by atoms with Gasteiger partial charge >= 0.3 is 0 Å². The van der Waals surface area contributed by atoms with E-state index >= 15 is 0 Å². The molecule has 8 saturated carbocycles. The molecular weight excluding hydrogens is 1950 g/mol. The van der Waals surface area contributed by atoms with E-state index in [-0.39, 0.29) is 186 Å². The van der Waals surface area contributed by atoms with Crippen LogP contribution in [0.1, 0.15) is 249 Å². The zero-order valence-corrected chi connectivity index (χ0v) is 80.4. The summed E-state index contributed by atoms with van der Waals surface area (Å²) in [4.78, 5) is 34.0. The van der Waals surface area contributed by atoms with Gasteiger partial charge in [0.25, 0.3) is 0 Å². The molecule has 0 spiro atoms. The maximum absolute atomic E-state index is 14.5. The number of benzene rings is 4. The first-order valence-electron chi connectivity index (χ1n) is 63.4. The fourth-order valence-electron chi connectivity index (χ4n) is 16.2. The molecule has 0 bridgehead atoms. The summed E-state index contributed by atoms with van der Waals surface area (Å²) in [5.41, 5.74) is -10.7. The summed E-state index contributed by atoms with van der Waals surface area (Å²) >= 11 is 1.41. The summed E-state index contributed by atoms with van der Waals surface area (Å²) in [5, 5.41) is 164. The molecule has 0 radical (unpaired) electrons. The fourth-order valence-corrected chi connectivity index (χ4v) is 18.1. The van der Waals surface area contributed by atoms with Crippen LogP contribution in [0.25, 0.3) is 44.7 Å². The lowest BCUT2D eigenvalue weighted by Crippen LogP contribution is -2.33. The Bertz CT molecular complexity index is 8470. The van der Waals surface area contributed by atoms with Crippen LogP contribution in [0, 0.1) is 51.0 Å². The highest BCUT2D eigenvalue weighted by Crippen LogP contribution is 2.50. The number of nitrogens with one attached hydrogen (secondary N) is 4. The Kier molecular flexibility index (Phi) is 22.2. The molecule has 0 saturated heterocycles. The van der Waals surface area contributed by atoms with Gasteiger partial charge in [-0.1, -0.05) is 144 Å². The third-order valence-corrected chi connectivity index (χ3v) is 26.6. The van der Waals surface area contributed by atoms with E-state index in [4.69, 9.17) is 76.1 Å². The molecule has 8 aromatic heterocycles. The fraction of sp³-hybridized carbons (Fsp3) is 0.583. The topological polar surface area (TPSA) is 554 Å². The minimum absolute atomic E-state index is 0.00806. The van der Waals surface area contributed by atoms with Crippen molar-refractivity contribution in [3.63, 3.8) is 0 Å². The lowest BCUT2D eigenvalue weighted by molar-refractivity contribution is -0.0629. The van der Waals surface area contributed by atoms with E-state index in [9.17, 15) is 73.7 Å². The first kappa shape index (κ1) is 67.4. The number of anilines is 4. The summed E-state index contributed by atoms with van der Waals surface area (Å²) in [6.07, 6.45) is -36.0. The Balaban J connectivity index is 0.000000160. The Labute approximate surface area is 897 Å². The number of thioether (sulfide) groups is 4. The molecular formula is C96H124F4N24O16S4. The predicted molar refractivity (Wildman–Crippen MR) is 530 cm³/mol. The molecule has 0 unspecified atom stereocenters. The van der Waals surface area contributed by atoms with Crippen LogP contribution in [0.4, 0.5) is 40.8 Å². The van der Waals surface area contributed by atoms with Crippen LogP contribution in [0.2, 0.25) is 0 Å². The number of aliphatic hydroxyl groups excluding tert-OH is 10. The number of aryl methyl sites for hydroxylation is 4. The number of hydrogen-bond donors (Lipinski definition) is 16. The van der Waals surface area contributed by atoms with Crippen molar-refractivity contribution >= 4 is 115 Å². The van der Waals surface area contributed by atoms with Crippen LogP contribution in [-0.4, -0.2) is 334 Å². The molecule has 8 aliphatic carbocycles. The van der Waals surface area contributed by atoms with Crippen molar-refractivity contribution in [2.75, 3.05) is 96.8 Å². The van der Waals surface area contributed by atoms with Crippen molar-refractivity contribution in [1.82, 2.24) is 99.8 Å². The molecule has 20 rings (SSSR count). The van der Waals surface area contributed by atoms with Gasteiger partial charge in [-0.2, -0.15) is 0 Å². The summed E-state index contributed by atoms with van der Waals surface area (Å²) < 4.78 is 396. The van der Waals surface area contributed by atoms with Crippen LogP contribution < -0.4 is 21.3 Å². The maximum Gasteiger partial charge on any atom is 0.191 e. The standard InChI is InChI=1S/4C24H31FN6O4S/c4*1-3-8-36-24-27-22(26-16-10-14(16)13-5-4-12(2)15(25)9-13)19-23(28-24)31(30-29-19)17-11-18(35-7-6-32)21(34)20(17)33/h4*4-5,9,14,16-18,20-21,32-34H,3,6-8,10-11H2,1-2H3,(H,26,27,28)/t4*14-,16+,17+,18-,20-,21+/m0000/s1/i6D2,7D2,8D2,10D2,14D,16D;3D2,7D2,8D2,10D2,14D,16D;3D2,6D2,8D2,10D2,14D,16D;3D2,8D2,10D2,14D,16D. The second-order valence-electron chi connectivity index (χ2n) is 33.2. The SMILES string of the molecule is [2H]C([2H])(C)C([2H])([2H])Sc1nc(N[C@]2([2H])C([2H])([2H])[C@@]2([2H])c2ccc(C)c(F)c2)c2nnn([C@@H]3C[C@H](OCCO)[C@@H](O)[C@H]3O)c2n1.[2H]C([2H])(CC)Sc1nc(N[C@]2([2H])C([2H])([2H])[C@@]2([2H])c2ccc(C)c(F)c2)c2nnn([C@@H]3C[C@H](OC([2H])([2H])C([2H])([2H])O)[C@@H](O)[C@H]3O)c2n1.[2H]C([2H])(CO)O[C@H]1C[C@@H](n2nnc3c(N[C@]4([2H])C([2H])([2H])[C@@]4([2H])c4ccc(C)c(F)c4)nc(SC([2H])([2H])C([2H])([2H])C)nc32)[C@H](O)[C@@H]1O.[2H]C([2H])(O)CO[C@H]1C[C@@H](n2nnc3c(N[C@]4([2H])C([2H])([2H])[C@@]4([2H])c4ccc(C)c(F)c4)nc(SC([2H])([2H])C([2H])([2H])C)nc32)[C@H](O)[C@@H]1O. The second kappa shape index (κ2) is 47.3. The molecule has 48 heteroatoms. The minimum atomic E-state index is -3.45. The molecule has 40 nitrogen and oxygen atoms in total. The van der Waals surface area contributed by atoms with Gasteiger partial charge in [0.05, 0.1) is 118 Å². The van der Waals surface area contributed by atoms with Crippen molar-refractivity contribution in [2.45, 2.75) is 298 Å². The van der Waals surface area contributed by atoms with Crippen LogP contribution >= 0.6 is 47.0 Å². The van der Waals surface area contributed by atoms with Gasteiger partial charge in [-0.3, -0.25) is 0 Å². The number of nitrogens with zero attached hydrogens (tertiary/aromatic N) is 20. The first-order chi connectivity index (χ1) is 83.3. The molecule has 4 aromatic carbocycles. The van der Waals surface area contributed by atoms with Crippen molar-refractivity contribution < 1.29 is 150 Å². The van der Waals surface area contributed by atoms with Crippen LogP contribution in [-0.2, 0) is 18.9 Å². The highest BCUT2D eigenvalue weighted by atomic mass is 32.2. The number of fused-ring (bicyclic) bond motifs is 4. The van der Waals surface area contributed by atoms with E-state index in [1.807, 2.05) is 0 Å². The number of halogens is 4. The molecule has 0 aliphatic heterocycles. The number of hydrogen-bond acceptors (Lipinski definition) is 40. The van der Waals surface area contributed by atoms with E-state index in [1.54, 1.807) is 6.92 Å². The monoisotopic (exact) mass is 2110 g/mol. The van der Waals surface area contributed by atoms with Gasteiger partial charge in [0.15, 0.2) is 88.6 Å². The Morgan fingerprint density at radius 3 is 0.882 bits per heavy atom. The molecule has 776 valence electrons. The maximum atomic E-state index is 14.5. The molecule has 16 N–H and O–H groups in total. The van der Waals surface area contributed by atoms with E-state index in [1.165, 1.54) is 76.2 Å². The minimum Gasteiger partial charge on any atom is -0.394 e. The van der Waals surface area contributed by atoms with Gasteiger partial charge in [0.2, 0.25) is 0 Å². The highest BCUT2D eigenvalue weighted by Gasteiger charge is 2.51. The average Bonchev–Trinajstić information content (AvgIpc) is 1.48. The molecule has 8 fully saturated rings. The van der Waals surface area contributed by atoms with E-state index in [2.05, 4.69) is 102 Å². The second-order valence-corrected chi connectivity index (χ2v) is 36.3. The van der Waals surface area contributed by atoms with Gasteiger partial charge in [0, 0.05) is 132 Å². The largest absolute Gasteiger partial charge is 0.394 e. The highest BCUT2D eigenvalue weighted by molar-refractivity contribution is 7.99. The Morgan fingerprint density at radius 2 is 0.632 bits per heavy atom. The summed E-state index contributed by atoms with van der Waals surface area (Å²) in [6, 6.07) is 0.300. The van der Waals surface area contributed by atoms with Gasteiger partial charge in [-0.15, -0.1) is 20.4 Å². The van der Waals surface area contributed by atoms with Gasteiger partial charge in [-0.05, 0) is 147 Å². The number of rotatable bonds is 40. The molecule has 24 atom stereocenters. The van der Waals surface area contributed by atoms with Crippen molar-refractivity contribution in [3.8, 4) is 0 Å². The summed E-state index contributed by atoms with van der Waals surface area (Å²) in [5.74, 6) is -13.6. The average molecular weight is 2110 g/mol. The van der Waals surface area contributed by atoms with Crippen molar-refractivity contribution in [2.24, 2.45) is 0 Å². The third-order valence-electron chi connectivity index (χ3n) is 23.8. The van der Waals surface area contributed by atoms with Crippen molar-refractivity contribution in [3.05, 3.63) is 141 Å². The number of ether oxygens (including phenoxy) is 4. The van der Waals surface area contributed by atoms with Crippen molar-refractivity contribution in [1.29, 1.82) is 0 Å². The lowest BCUT2D eigenvalue weighted by Gasteiger charge is -2.17. The molecule has 0 amide bonds. The Morgan fingerprint density at radius 1 is 0.361 bits per heavy atom. The predicted octanol–water partition coefficient (Wildman–Crippen LogP) is 8.73. The van der Waals surface area contributed by atoms with Crippen LogP contribution in [0.3, 0.4) is 0 Å². The zero-order valence-electron chi connectivity index (χ0n) is 115. The molecule has 8 heterocycles. The summed E-state index contributed by atoms with van der Waals surface area (Å²) in [6.45, 7) is -3.69.